The van der Waals surface area contributed by atoms with Gasteiger partial charge < -0.3 is 15.8 Å². The van der Waals surface area contributed by atoms with Crippen LogP contribution in [0.15, 0.2) is 0 Å². The van der Waals surface area contributed by atoms with Crippen molar-refractivity contribution in [3.05, 3.63) is 17.0 Å². The fourth-order valence-electron chi connectivity index (χ4n) is 1.96. The second kappa shape index (κ2) is 7.25. The molecule has 1 atom stereocenters. The van der Waals surface area contributed by atoms with Crippen molar-refractivity contribution < 1.29 is 9.53 Å². The Balaban J connectivity index is 2.45. The lowest BCUT2D eigenvalue weighted by atomic mass is 10.1. The molecule has 1 aromatic heterocycles. The van der Waals surface area contributed by atoms with E-state index in [0.717, 1.165) is 23.4 Å². The van der Waals surface area contributed by atoms with Crippen LogP contribution < -0.4 is 11.1 Å². The van der Waals surface area contributed by atoms with E-state index in [4.69, 9.17) is 10.5 Å². The van der Waals surface area contributed by atoms with Crippen molar-refractivity contribution >= 4 is 5.91 Å². The molecule has 3 N–H and O–H groups in total. The predicted octanol–water partition coefficient (Wildman–Crippen LogP) is 0.407. The lowest BCUT2D eigenvalue weighted by Crippen LogP contribution is -2.40. The van der Waals surface area contributed by atoms with Gasteiger partial charge in [-0.1, -0.05) is 0 Å². The zero-order valence-corrected chi connectivity index (χ0v) is 12.2. The Bertz CT molecular complexity index is 429. The first-order valence-electron chi connectivity index (χ1n) is 6.48. The average Bonchev–Trinajstić information content (AvgIpc) is 2.61. The molecule has 0 saturated carbocycles. The molecule has 0 aliphatic heterocycles. The lowest BCUT2D eigenvalue weighted by molar-refractivity contribution is -0.122. The number of carbonyl (C=O) groups excluding carboxylic acids is 1. The summed E-state index contributed by atoms with van der Waals surface area (Å²) >= 11 is 0. The van der Waals surface area contributed by atoms with Gasteiger partial charge in [0.15, 0.2) is 0 Å². The molecular weight excluding hydrogens is 244 g/mol. The fourth-order valence-corrected chi connectivity index (χ4v) is 1.96. The van der Waals surface area contributed by atoms with Gasteiger partial charge in [0.25, 0.3) is 0 Å². The Morgan fingerprint density at radius 1 is 1.53 bits per heavy atom. The van der Waals surface area contributed by atoms with E-state index in [1.165, 1.54) is 0 Å². The number of methoxy groups -OCH3 is 1. The van der Waals surface area contributed by atoms with Crippen LogP contribution in [-0.4, -0.2) is 35.4 Å². The molecule has 1 amide bonds. The smallest absolute Gasteiger partial charge is 0.237 e. The van der Waals surface area contributed by atoms with E-state index in [-0.39, 0.29) is 5.91 Å². The molecule has 0 aliphatic carbocycles. The fraction of sp³-hybridized carbons (Fsp3) is 0.692. The van der Waals surface area contributed by atoms with Crippen molar-refractivity contribution in [1.29, 1.82) is 0 Å². The summed E-state index contributed by atoms with van der Waals surface area (Å²) in [6.45, 7) is 5.02. The van der Waals surface area contributed by atoms with E-state index in [1.54, 1.807) is 7.11 Å². The van der Waals surface area contributed by atoms with Crippen LogP contribution in [0.2, 0.25) is 0 Å². The van der Waals surface area contributed by atoms with Gasteiger partial charge in [0.2, 0.25) is 5.91 Å². The number of carbonyl (C=O) groups is 1. The van der Waals surface area contributed by atoms with Gasteiger partial charge in [0.05, 0.1) is 11.7 Å². The molecule has 0 spiro atoms. The number of amides is 1. The first-order chi connectivity index (χ1) is 8.97. The van der Waals surface area contributed by atoms with Gasteiger partial charge in [-0.15, -0.1) is 0 Å². The molecule has 6 nitrogen and oxygen atoms in total. The Morgan fingerprint density at radius 3 is 2.74 bits per heavy atom. The molecule has 1 heterocycles. The molecule has 108 valence electrons. The van der Waals surface area contributed by atoms with Gasteiger partial charge in [-0.3, -0.25) is 9.48 Å². The molecule has 19 heavy (non-hydrogen) atoms. The lowest BCUT2D eigenvalue weighted by Gasteiger charge is -2.12. The molecule has 0 fully saturated rings. The Labute approximate surface area is 114 Å². The van der Waals surface area contributed by atoms with Crippen LogP contribution in [0.1, 0.15) is 29.8 Å². The molecule has 0 saturated heterocycles. The Morgan fingerprint density at radius 2 is 2.21 bits per heavy atom. The van der Waals surface area contributed by atoms with E-state index in [1.807, 2.05) is 25.6 Å². The average molecular weight is 268 g/mol. The second-order valence-electron chi connectivity index (χ2n) is 4.73. The summed E-state index contributed by atoms with van der Waals surface area (Å²) in [5, 5.41) is 7.17. The van der Waals surface area contributed by atoms with Crippen LogP contribution in [0, 0.1) is 13.8 Å². The van der Waals surface area contributed by atoms with Gasteiger partial charge >= 0.3 is 0 Å². The SMILES string of the molecule is COCCCC(N)C(=O)NCc1c(C)nn(C)c1C. The van der Waals surface area contributed by atoms with Crippen LogP contribution in [-0.2, 0) is 23.1 Å². The summed E-state index contributed by atoms with van der Waals surface area (Å²) in [5.41, 5.74) is 8.87. The molecule has 0 bridgehead atoms. The molecule has 6 heteroatoms. The summed E-state index contributed by atoms with van der Waals surface area (Å²) in [4.78, 5) is 11.8. The van der Waals surface area contributed by atoms with Crippen molar-refractivity contribution in [1.82, 2.24) is 15.1 Å². The van der Waals surface area contributed by atoms with Gasteiger partial charge in [-0.05, 0) is 26.7 Å². The first kappa shape index (κ1) is 15.7. The maximum atomic E-state index is 11.8. The number of nitrogens with one attached hydrogen (secondary N) is 1. The largest absolute Gasteiger partial charge is 0.385 e. The number of hydrogen-bond acceptors (Lipinski definition) is 4. The summed E-state index contributed by atoms with van der Waals surface area (Å²) in [7, 11) is 3.53. The number of aryl methyl sites for hydroxylation is 2. The highest BCUT2D eigenvalue weighted by molar-refractivity contribution is 5.81. The zero-order valence-electron chi connectivity index (χ0n) is 12.2. The maximum Gasteiger partial charge on any atom is 0.237 e. The highest BCUT2D eigenvalue weighted by Gasteiger charge is 2.15. The monoisotopic (exact) mass is 268 g/mol. The molecule has 0 aromatic carbocycles. The maximum absolute atomic E-state index is 11.8. The van der Waals surface area contributed by atoms with Crippen molar-refractivity contribution in [2.45, 2.75) is 39.3 Å². The van der Waals surface area contributed by atoms with Crippen molar-refractivity contribution in [2.75, 3.05) is 13.7 Å². The highest BCUT2D eigenvalue weighted by atomic mass is 16.5. The van der Waals surface area contributed by atoms with Crippen LogP contribution in [0.5, 0.6) is 0 Å². The highest BCUT2D eigenvalue weighted by Crippen LogP contribution is 2.11. The van der Waals surface area contributed by atoms with E-state index in [0.29, 0.717) is 19.6 Å². The summed E-state index contributed by atoms with van der Waals surface area (Å²) in [6.07, 6.45) is 1.42. The normalized spacial score (nSPS) is 12.5. The van der Waals surface area contributed by atoms with Gasteiger partial charge in [0.1, 0.15) is 0 Å². The third-order valence-electron chi connectivity index (χ3n) is 3.30. The van der Waals surface area contributed by atoms with Crippen molar-refractivity contribution in [2.24, 2.45) is 12.8 Å². The number of rotatable bonds is 7. The minimum atomic E-state index is -0.479. The minimum absolute atomic E-state index is 0.126. The predicted molar refractivity (Wildman–Crippen MR) is 73.6 cm³/mol. The van der Waals surface area contributed by atoms with E-state index < -0.39 is 6.04 Å². The molecule has 1 rings (SSSR count). The van der Waals surface area contributed by atoms with E-state index in [9.17, 15) is 4.79 Å². The number of aromatic nitrogens is 2. The number of hydrogen-bond donors (Lipinski definition) is 2. The number of nitrogens with zero attached hydrogens (tertiary/aromatic N) is 2. The van der Waals surface area contributed by atoms with Crippen LogP contribution in [0.4, 0.5) is 0 Å². The topological polar surface area (TPSA) is 82.2 Å². The van der Waals surface area contributed by atoms with Crippen molar-refractivity contribution in [3.8, 4) is 0 Å². The quantitative estimate of drug-likeness (QED) is 0.702. The van der Waals surface area contributed by atoms with Crippen LogP contribution in [0.25, 0.3) is 0 Å². The van der Waals surface area contributed by atoms with Crippen LogP contribution >= 0.6 is 0 Å². The molecule has 0 aliphatic rings. The zero-order chi connectivity index (χ0) is 14.4. The summed E-state index contributed by atoms with van der Waals surface area (Å²) < 4.78 is 6.75. The van der Waals surface area contributed by atoms with Crippen molar-refractivity contribution in [3.63, 3.8) is 0 Å². The second-order valence-corrected chi connectivity index (χ2v) is 4.73. The van der Waals surface area contributed by atoms with Gasteiger partial charge in [-0.2, -0.15) is 5.10 Å². The van der Waals surface area contributed by atoms with E-state index >= 15 is 0 Å². The third-order valence-corrected chi connectivity index (χ3v) is 3.30. The summed E-state index contributed by atoms with van der Waals surface area (Å²) in [5.74, 6) is -0.126. The number of nitrogens with two attached hydrogens (primary N) is 1. The Kier molecular flexibility index (Phi) is 5.98. The van der Waals surface area contributed by atoms with Gasteiger partial charge in [0, 0.05) is 38.6 Å². The summed E-state index contributed by atoms with van der Waals surface area (Å²) in [6, 6.07) is -0.479. The van der Waals surface area contributed by atoms with Gasteiger partial charge in [-0.25, -0.2) is 0 Å². The molecule has 1 unspecified atom stereocenters. The standard InChI is InChI=1S/C13H24N4O2/c1-9-11(10(2)17(3)16-9)8-15-13(18)12(14)6-5-7-19-4/h12H,5-8,14H2,1-4H3,(H,15,18). The van der Waals surface area contributed by atoms with Crippen LogP contribution in [0.3, 0.4) is 0 Å². The minimum Gasteiger partial charge on any atom is -0.385 e. The Hall–Kier alpha value is -1.40. The third kappa shape index (κ3) is 4.33. The molecule has 0 radical (unpaired) electrons. The molecule has 1 aromatic rings. The number of ether oxygens (including phenoxy) is 1. The first-order valence-corrected chi connectivity index (χ1v) is 6.48. The van der Waals surface area contributed by atoms with E-state index in [2.05, 4.69) is 10.4 Å². The molecular formula is C13H24N4O2.